The fraction of sp³-hybridized carbons (Fsp3) is 1.00. The van der Waals surface area contributed by atoms with E-state index < -0.39 is 0 Å². The molecule has 12 heavy (non-hydrogen) atoms. The minimum absolute atomic E-state index is 1.11. The van der Waals surface area contributed by atoms with Crippen molar-refractivity contribution in [2.75, 3.05) is 27.7 Å². The summed E-state index contributed by atoms with van der Waals surface area (Å²) in [4.78, 5) is 0. The van der Waals surface area contributed by atoms with Gasteiger partial charge in [0, 0.05) is 0 Å². The Balaban J connectivity index is 0. The summed E-state index contributed by atoms with van der Waals surface area (Å²) >= 11 is 0. The second kappa shape index (κ2) is 9.05. The molecule has 0 fully saturated rings. The van der Waals surface area contributed by atoms with Crippen molar-refractivity contribution in [3.63, 3.8) is 0 Å². The summed E-state index contributed by atoms with van der Waals surface area (Å²) in [7, 11) is 6.74. The summed E-state index contributed by atoms with van der Waals surface area (Å²) in [5.74, 6) is 0. The third-order valence-corrected chi connectivity index (χ3v) is 1.43. The van der Waals surface area contributed by atoms with E-state index in [1.807, 2.05) is 0 Å². The second-order valence-electron chi connectivity index (χ2n) is 4.43. The van der Waals surface area contributed by atoms with Crippen LogP contribution in [0.25, 0.3) is 0 Å². The topological polar surface area (TPSA) is 0 Å². The monoisotopic (exact) mass is 174 g/mol. The fourth-order valence-corrected chi connectivity index (χ4v) is 0.836. The number of hydrogen-bond acceptors (Lipinski definition) is 0. The highest BCUT2D eigenvalue weighted by atomic mass is 15.3. The first-order valence-corrected chi connectivity index (χ1v) is 5.28. The summed E-state index contributed by atoms with van der Waals surface area (Å²) in [6.45, 7) is 7.81. The first-order chi connectivity index (χ1) is 5.47. The van der Waals surface area contributed by atoms with E-state index in [2.05, 4.69) is 41.9 Å². The molecule has 0 rings (SSSR count). The van der Waals surface area contributed by atoms with Crippen LogP contribution >= 0.6 is 0 Å². The van der Waals surface area contributed by atoms with Crippen LogP contribution in [0, 0.1) is 0 Å². The normalized spacial score (nSPS) is 10.5. The number of quaternary nitrogens is 1. The number of rotatable bonds is 4. The average Bonchev–Trinajstić information content (AvgIpc) is 1.87. The Morgan fingerprint density at radius 3 is 1.50 bits per heavy atom. The highest BCUT2D eigenvalue weighted by Gasteiger charge is 2.03. The molecule has 0 N–H and O–H groups in total. The van der Waals surface area contributed by atoms with Crippen LogP contribution in [0.2, 0.25) is 0 Å². The number of nitrogens with zero attached hydrogens (tertiary/aromatic N) is 1. The van der Waals surface area contributed by atoms with Crippen LogP contribution in [-0.4, -0.2) is 32.2 Å². The quantitative estimate of drug-likeness (QED) is 0.453. The zero-order chi connectivity index (χ0) is 10.0. The molecular weight excluding hydrogens is 146 g/mol. The molecule has 0 radical (unpaired) electrons. The fourth-order valence-electron chi connectivity index (χ4n) is 0.836. The van der Waals surface area contributed by atoms with Gasteiger partial charge >= 0.3 is 0 Å². The summed E-state index contributed by atoms with van der Waals surface area (Å²) in [6.07, 6.45) is 5.34. The first kappa shape index (κ1) is 14.5. The highest BCUT2D eigenvalue weighted by Crippen LogP contribution is 1.98. The van der Waals surface area contributed by atoms with Gasteiger partial charge < -0.3 is 4.48 Å². The molecule has 0 heterocycles. The van der Waals surface area contributed by atoms with Crippen LogP contribution in [0.3, 0.4) is 0 Å². The van der Waals surface area contributed by atoms with Gasteiger partial charge in [-0.1, -0.05) is 33.6 Å². The van der Waals surface area contributed by atoms with Gasteiger partial charge in [0.15, 0.2) is 0 Å². The molecule has 0 unspecified atom stereocenters. The van der Waals surface area contributed by atoms with E-state index in [4.69, 9.17) is 0 Å². The lowest BCUT2D eigenvalue weighted by molar-refractivity contribution is -0.870. The Morgan fingerprint density at radius 2 is 1.25 bits per heavy atom. The molecule has 76 valence electrons. The van der Waals surface area contributed by atoms with Crippen molar-refractivity contribution in [3.05, 3.63) is 0 Å². The molecule has 0 aromatic heterocycles. The Bertz CT molecular complexity index is 71.6. The summed E-state index contributed by atoms with van der Waals surface area (Å²) < 4.78 is 1.11. The number of hydrogen-bond donors (Lipinski definition) is 0. The minimum Gasteiger partial charge on any atom is -0.331 e. The maximum atomic E-state index is 2.25. The molecule has 0 aromatic rings. The zero-order valence-electron chi connectivity index (χ0n) is 9.98. The average molecular weight is 174 g/mol. The van der Waals surface area contributed by atoms with Gasteiger partial charge in [-0.3, -0.25) is 0 Å². The largest absolute Gasteiger partial charge is 0.331 e. The van der Waals surface area contributed by atoms with E-state index in [1.165, 1.54) is 32.2 Å². The third kappa shape index (κ3) is 22.5. The Hall–Kier alpha value is -0.0400. The molecule has 0 bridgehead atoms. The van der Waals surface area contributed by atoms with Gasteiger partial charge in [0.05, 0.1) is 27.7 Å². The lowest BCUT2D eigenvalue weighted by atomic mass is 10.2. The van der Waals surface area contributed by atoms with Crippen molar-refractivity contribution in [2.45, 2.75) is 46.5 Å². The van der Waals surface area contributed by atoms with Gasteiger partial charge in [0.1, 0.15) is 0 Å². The Kier molecular flexibility index (Phi) is 10.9. The van der Waals surface area contributed by atoms with Crippen LogP contribution in [0.4, 0.5) is 0 Å². The molecule has 0 amide bonds. The van der Waals surface area contributed by atoms with Crippen LogP contribution in [0.5, 0.6) is 0 Å². The van der Waals surface area contributed by atoms with E-state index in [0.29, 0.717) is 0 Å². The summed E-state index contributed by atoms with van der Waals surface area (Å²) in [5, 5.41) is 0. The van der Waals surface area contributed by atoms with E-state index in [-0.39, 0.29) is 0 Å². The molecule has 1 nitrogen and oxygen atoms in total. The van der Waals surface area contributed by atoms with Crippen molar-refractivity contribution in [2.24, 2.45) is 0 Å². The highest BCUT2D eigenvalue weighted by molar-refractivity contribution is 4.34. The van der Waals surface area contributed by atoms with Crippen LogP contribution in [0.1, 0.15) is 46.5 Å². The Labute approximate surface area is 79.4 Å². The Morgan fingerprint density at radius 1 is 0.833 bits per heavy atom. The SMILES string of the molecule is CCC.CCCCC[N+](C)(C)C. The van der Waals surface area contributed by atoms with Gasteiger partial charge in [0.2, 0.25) is 0 Å². The second-order valence-corrected chi connectivity index (χ2v) is 4.43. The van der Waals surface area contributed by atoms with Crippen molar-refractivity contribution < 1.29 is 4.48 Å². The zero-order valence-corrected chi connectivity index (χ0v) is 9.98. The molecular formula is C11H28N+. The van der Waals surface area contributed by atoms with Gasteiger partial charge in [-0.15, -0.1) is 0 Å². The lowest BCUT2D eigenvalue weighted by Gasteiger charge is -2.23. The van der Waals surface area contributed by atoms with Crippen molar-refractivity contribution in [1.29, 1.82) is 0 Å². The van der Waals surface area contributed by atoms with Crippen LogP contribution in [0.15, 0.2) is 0 Å². The van der Waals surface area contributed by atoms with Gasteiger partial charge in [0.25, 0.3) is 0 Å². The van der Waals surface area contributed by atoms with Crippen molar-refractivity contribution >= 4 is 0 Å². The molecule has 0 saturated heterocycles. The molecule has 0 aliphatic rings. The van der Waals surface area contributed by atoms with Crippen molar-refractivity contribution in [1.82, 2.24) is 0 Å². The summed E-state index contributed by atoms with van der Waals surface area (Å²) in [6, 6.07) is 0. The maximum absolute atomic E-state index is 2.25. The van der Waals surface area contributed by atoms with E-state index >= 15 is 0 Å². The number of unbranched alkanes of at least 4 members (excludes halogenated alkanes) is 2. The predicted molar refractivity (Wildman–Crippen MR) is 58.4 cm³/mol. The molecule has 1 heteroatoms. The van der Waals surface area contributed by atoms with Gasteiger partial charge in [-0.05, 0) is 12.8 Å². The van der Waals surface area contributed by atoms with E-state index in [0.717, 1.165) is 4.48 Å². The minimum atomic E-state index is 1.11. The molecule has 0 aliphatic heterocycles. The first-order valence-electron chi connectivity index (χ1n) is 5.28. The predicted octanol–water partition coefficient (Wildman–Crippen LogP) is 3.30. The van der Waals surface area contributed by atoms with E-state index in [9.17, 15) is 0 Å². The van der Waals surface area contributed by atoms with Gasteiger partial charge in [-0.2, -0.15) is 0 Å². The maximum Gasteiger partial charge on any atom is 0.0780 e. The standard InChI is InChI=1S/C8H20N.C3H8/c1-5-6-7-8-9(2,3)4;1-3-2/h5-8H2,1-4H3;3H2,1-2H3/q+1;. The van der Waals surface area contributed by atoms with Crippen molar-refractivity contribution in [3.8, 4) is 0 Å². The molecule has 0 aromatic carbocycles. The molecule has 0 spiro atoms. The van der Waals surface area contributed by atoms with E-state index in [1.54, 1.807) is 0 Å². The molecule has 0 atom stereocenters. The lowest BCUT2D eigenvalue weighted by Crippen LogP contribution is -2.35. The molecule has 0 saturated carbocycles. The molecule has 0 aliphatic carbocycles. The van der Waals surface area contributed by atoms with Crippen LogP contribution < -0.4 is 0 Å². The summed E-state index contributed by atoms with van der Waals surface area (Å²) in [5.41, 5.74) is 0. The smallest absolute Gasteiger partial charge is 0.0780 e. The van der Waals surface area contributed by atoms with Gasteiger partial charge in [-0.25, -0.2) is 0 Å². The van der Waals surface area contributed by atoms with Crippen LogP contribution in [-0.2, 0) is 0 Å². The third-order valence-electron chi connectivity index (χ3n) is 1.43.